The first kappa shape index (κ1) is 10.5. The Kier molecular flexibility index (Phi) is 2.14. The number of nitrogens with one attached hydrogen (secondary N) is 1. The number of nitrogens with zero attached hydrogens (tertiary/aromatic N) is 2. The number of hydrogen-bond acceptors (Lipinski definition) is 4. The van der Waals surface area contributed by atoms with E-state index >= 15 is 0 Å². The minimum Gasteiger partial charge on any atom is -0.381 e. The van der Waals surface area contributed by atoms with Crippen molar-refractivity contribution in [3.8, 4) is 0 Å². The molecule has 3 N–H and O–H groups in total. The van der Waals surface area contributed by atoms with E-state index in [1.165, 1.54) is 4.40 Å². The average Bonchev–Trinajstić information content (AvgIpc) is 2.96. The molecule has 2 aromatic heterocycles. The number of pyridine rings is 1. The van der Waals surface area contributed by atoms with E-state index in [1.54, 1.807) is 24.4 Å². The van der Waals surface area contributed by atoms with Gasteiger partial charge in [-0.05, 0) is 25.0 Å². The molecule has 0 radical (unpaired) electrons. The molecular formula is C10H12N4O2S. The molecule has 7 heteroatoms. The molecule has 17 heavy (non-hydrogen) atoms. The van der Waals surface area contributed by atoms with E-state index in [1.807, 2.05) is 0 Å². The summed E-state index contributed by atoms with van der Waals surface area (Å²) in [6, 6.07) is 5.29. The molecule has 0 bridgehead atoms. The van der Waals surface area contributed by atoms with Gasteiger partial charge in [-0.25, -0.2) is 18.1 Å². The van der Waals surface area contributed by atoms with Gasteiger partial charge in [-0.15, -0.1) is 0 Å². The smallest absolute Gasteiger partial charge is 0.260 e. The van der Waals surface area contributed by atoms with Crippen molar-refractivity contribution in [1.82, 2.24) is 14.1 Å². The first-order chi connectivity index (χ1) is 8.08. The van der Waals surface area contributed by atoms with Gasteiger partial charge in [-0.3, -0.25) is 4.40 Å². The molecule has 0 spiro atoms. The number of rotatable bonds is 3. The van der Waals surface area contributed by atoms with Crippen molar-refractivity contribution >= 4 is 21.5 Å². The van der Waals surface area contributed by atoms with Crippen molar-refractivity contribution in [1.29, 1.82) is 0 Å². The molecule has 2 heterocycles. The third kappa shape index (κ3) is 1.77. The van der Waals surface area contributed by atoms with Gasteiger partial charge < -0.3 is 5.73 Å². The highest BCUT2D eigenvalue weighted by Gasteiger charge is 2.31. The van der Waals surface area contributed by atoms with Crippen molar-refractivity contribution < 1.29 is 8.42 Å². The van der Waals surface area contributed by atoms with Crippen LogP contribution in [0.5, 0.6) is 0 Å². The zero-order valence-electron chi connectivity index (χ0n) is 9.00. The van der Waals surface area contributed by atoms with Crippen molar-refractivity contribution in [2.45, 2.75) is 23.9 Å². The summed E-state index contributed by atoms with van der Waals surface area (Å²) in [5.74, 6) is 0.0318. The Morgan fingerprint density at radius 2 is 2.18 bits per heavy atom. The topological polar surface area (TPSA) is 89.5 Å². The van der Waals surface area contributed by atoms with Gasteiger partial charge in [0, 0.05) is 12.2 Å². The molecule has 0 saturated heterocycles. The SMILES string of the molecule is Nc1nc2ccccn2c1S(=O)(=O)NC1CC1. The summed E-state index contributed by atoms with van der Waals surface area (Å²) in [5.41, 5.74) is 6.21. The van der Waals surface area contributed by atoms with Crippen LogP contribution < -0.4 is 10.5 Å². The van der Waals surface area contributed by atoms with E-state index in [9.17, 15) is 8.42 Å². The van der Waals surface area contributed by atoms with Gasteiger partial charge in [0.1, 0.15) is 5.65 Å². The fourth-order valence-corrected chi connectivity index (χ4v) is 3.26. The summed E-state index contributed by atoms with van der Waals surface area (Å²) in [6.45, 7) is 0. The largest absolute Gasteiger partial charge is 0.381 e. The zero-order valence-corrected chi connectivity index (χ0v) is 9.81. The normalized spacial score (nSPS) is 16.5. The lowest BCUT2D eigenvalue weighted by Gasteiger charge is -2.05. The summed E-state index contributed by atoms with van der Waals surface area (Å²) in [5, 5.41) is 0.0278. The maximum absolute atomic E-state index is 12.1. The maximum atomic E-state index is 12.1. The number of sulfonamides is 1. The zero-order chi connectivity index (χ0) is 12.0. The summed E-state index contributed by atoms with van der Waals surface area (Å²) in [4.78, 5) is 4.03. The Hall–Kier alpha value is -1.60. The number of aromatic nitrogens is 2. The molecule has 1 saturated carbocycles. The number of nitrogen functional groups attached to an aromatic ring is 1. The van der Waals surface area contributed by atoms with E-state index in [0.717, 1.165) is 12.8 Å². The Morgan fingerprint density at radius 3 is 2.88 bits per heavy atom. The highest BCUT2D eigenvalue weighted by molar-refractivity contribution is 7.89. The molecule has 6 nitrogen and oxygen atoms in total. The maximum Gasteiger partial charge on any atom is 0.260 e. The van der Waals surface area contributed by atoms with Crippen molar-refractivity contribution in [2.24, 2.45) is 0 Å². The molecule has 0 aliphatic heterocycles. The fourth-order valence-electron chi connectivity index (χ4n) is 1.74. The van der Waals surface area contributed by atoms with Crippen LogP contribution in [-0.2, 0) is 10.0 Å². The van der Waals surface area contributed by atoms with Crippen LogP contribution in [0.2, 0.25) is 0 Å². The van der Waals surface area contributed by atoms with Gasteiger partial charge in [0.05, 0.1) is 0 Å². The van der Waals surface area contributed by atoms with Gasteiger partial charge in [-0.1, -0.05) is 6.07 Å². The molecule has 2 aromatic rings. The van der Waals surface area contributed by atoms with Crippen molar-refractivity contribution in [3.63, 3.8) is 0 Å². The number of fused-ring (bicyclic) bond motifs is 1. The monoisotopic (exact) mass is 252 g/mol. The van der Waals surface area contributed by atoms with Crippen LogP contribution in [-0.4, -0.2) is 23.8 Å². The van der Waals surface area contributed by atoms with Crippen molar-refractivity contribution in [2.75, 3.05) is 5.73 Å². The van der Waals surface area contributed by atoms with Crippen LogP contribution in [0.4, 0.5) is 5.82 Å². The van der Waals surface area contributed by atoms with Crippen LogP contribution in [0.1, 0.15) is 12.8 Å². The Labute approximate surface area is 98.5 Å². The van der Waals surface area contributed by atoms with Gasteiger partial charge in [0.25, 0.3) is 10.0 Å². The van der Waals surface area contributed by atoms with Crippen LogP contribution in [0.15, 0.2) is 29.4 Å². The first-order valence-electron chi connectivity index (χ1n) is 5.33. The third-order valence-corrected chi connectivity index (χ3v) is 4.22. The quantitative estimate of drug-likeness (QED) is 0.825. The highest BCUT2D eigenvalue weighted by atomic mass is 32.2. The first-order valence-corrected chi connectivity index (χ1v) is 6.81. The second kappa shape index (κ2) is 3.44. The van der Waals surface area contributed by atoms with E-state index in [2.05, 4.69) is 9.71 Å². The molecule has 1 aliphatic carbocycles. The molecular weight excluding hydrogens is 240 g/mol. The van der Waals surface area contributed by atoms with Gasteiger partial charge >= 0.3 is 0 Å². The molecule has 0 amide bonds. The Bertz CT molecular complexity index is 673. The number of hydrogen-bond donors (Lipinski definition) is 2. The molecule has 0 aromatic carbocycles. The number of nitrogens with two attached hydrogens (primary N) is 1. The van der Waals surface area contributed by atoms with Crippen LogP contribution in [0, 0.1) is 0 Å². The summed E-state index contributed by atoms with van der Waals surface area (Å²) >= 11 is 0. The number of anilines is 1. The second-order valence-electron chi connectivity index (χ2n) is 4.13. The van der Waals surface area contributed by atoms with E-state index in [4.69, 9.17) is 5.73 Å². The summed E-state index contributed by atoms with van der Waals surface area (Å²) in [7, 11) is -3.59. The van der Waals surface area contributed by atoms with E-state index < -0.39 is 10.0 Å². The number of imidazole rings is 1. The minimum absolute atomic E-state index is 0.0278. The van der Waals surface area contributed by atoms with Crippen molar-refractivity contribution in [3.05, 3.63) is 24.4 Å². The second-order valence-corrected chi connectivity index (χ2v) is 5.76. The lowest BCUT2D eigenvalue weighted by atomic mass is 10.5. The molecule has 0 atom stereocenters. The standard InChI is InChI=1S/C10H12N4O2S/c11-9-10(17(15,16)13-7-4-5-7)14-6-2-1-3-8(14)12-9/h1-3,6-7,13H,4-5,11H2. The average molecular weight is 252 g/mol. The van der Waals surface area contributed by atoms with Gasteiger partial charge in [-0.2, -0.15) is 0 Å². The molecule has 1 aliphatic rings. The van der Waals surface area contributed by atoms with Crippen LogP contribution >= 0.6 is 0 Å². The summed E-state index contributed by atoms with van der Waals surface area (Å²) in [6.07, 6.45) is 3.41. The summed E-state index contributed by atoms with van der Waals surface area (Å²) < 4.78 is 28.3. The lowest BCUT2D eigenvalue weighted by Crippen LogP contribution is -2.27. The molecule has 3 rings (SSSR count). The third-order valence-electron chi connectivity index (χ3n) is 2.66. The van der Waals surface area contributed by atoms with Gasteiger partial charge in [0.2, 0.25) is 0 Å². The van der Waals surface area contributed by atoms with Gasteiger partial charge in [0.15, 0.2) is 10.8 Å². The predicted octanol–water partition coefficient (Wildman–Crippen LogP) is 0.357. The Balaban J connectivity index is 2.18. The molecule has 0 unspecified atom stereocenters. The van der Waals surface area contributed by atoms with Crippen LogP contribution in [0.25, 0.3) is 5.65 Å². The Morgan fingerprint density at radius 1 is 1.41 bits per heavy atom. The molecule has 1 fully saturated rings. The lowest BCUT2D eigenvalue weighted by molar-refractivity contribution is 0.576. The minimum atomic E-state index is -3.59. The van der Waals surface area contributed by atoms with E-state index in [0.29, 0.717) is 5.65 Å². The highest BCUT2D eigenvalue weighted by Crippen LogP contribution is 2.25. The van der Waals surface area contributed by atoms with Crippen LogP contribution in [0.3, 0.4) is 0 Å². The van der Waals surface area contributed by atoms with E-state index in [-0.39, 0.29) is 16.9 Å². The predicted molar refractivity (Wildman–Crippen MR) is 62.9 cm³/mol. The molecule has 90 valence electrons. The fraction of sp³-hybridized carbons (Fsp3) is 0.300.